The molecule has 0 saturated carbocycles. The minimum absolute atomic E-state index is 0.0211. The van der Waals surface area contributed by atoms with Gasteiger partial charge in [0.1, 0.15) is 4.90 Å². The van der Waals surface area contributed by atoms with Gasteiger partial charge >= 0.3 is 0 Å². The van der Waals surface area contributed by atoms with Crippen LogP contribution in [0, 0.1) is 6.92 Å². The van der Waals surface area contributed by atoms with Crippen LogP contribution >= 0.6 is 23.2 Å². The third kappa shape index (κ3) is 3.41. The number of anilines is 3. The summed E-state index contributed by atoms with van der Waals surface area (Å²) in [5.74, 6) is 0. The van der Waals surface area contributed by atoms with Crippen molar-refractivity contribution >= 4 is 50.3 Å². The molecule has 0 heterocycles. The molecule has 2 aromatic carbocycles. The maximum Gasteiger partial charge on any atom is 0.240 e. The topological polar surface area (TPSA) is 98.2 Å². The number of nitrogens with two attached hydrogens (primary N) is 2. The highest BCUT2D eigenvalue weighted by Gasteiger charge is 2.15. The van der Waals surface area contributed by atoms with Gasteiger partial charge in [-0.1, -0.05) is 29.3 Å². The van der Waals surface area contributed by atoms with Crippen molar-refractivity contribution in [1.29, 1.82) is 0 Å². The lowest BCUT2D eigenvalue weighted by Crippen LogP contribution is -2.15. The van der Waals surface area contributed by atoms with E-state index >= 15 is 0 Å². The van der Waals surface area contributed by atoms with Gasteiger partial charge in [0.2, 0.25) is 10.0 Å². The largest absolute Gasteiger partial charge is 0.396 e. The Bertz CT molecular complexity index is 807. The molecular formula is C13H13Cl2N3O2S. The van der Waals surface area contributed by atoms with Crippen molar-refractivity contribution in [3.05, 3.63) is 45.9 Å². The van der Waals surface area contributed by atoms with Gasteiger partial charge in [-0.05, 0) is 36.8 Å². The molecular weight excluding hydrogens is 333 g/mol. The second-order valence-corrected chi connectivity index (χ2v) is 6.81. The normalized spacial score (nSPS) is 11.4. The number of sulfonamides is 1. The molecule has 0 saturated heterocycles. The summed E-state index contributed by atoms with van der Waals surface area (Å²) in [5.41, 5.74) is 7.59. The lowest BCUT2D eigenvalue weighted by molar-refractivity contribution is 0.598. The fourth-order valence-electron chi connectivity index (χ4n) is 1.79. The van der Waals surface area contributed by atoms with E-state index < -0.39 is 10.0 Å². The molecule has 8 heteroatoms. The zero-order valence-electron chi connectivity index (χ0n) is 11.0. The first-order chi connectivity index (χ1) is 9.70. The summed E-state index contributed by atoms with van der Waals surface area (Å²) in [6.07, 6.45) is 0. The Kier molecular flexibility index (Phi) is 4.34. The summed E-state index contributed by atoms with van der Waals surface area (Å²) in [5, 5.41) is 9.04. The van der Waals surface area contributed by atoms with Crippen molar-refractivity contribution in [1.82, 2.24) is 0 Å². The van der Waals surface area contributed by atoms with Crippen molar-refractivity contribution in [3.63, 3.8) is 0 Å². The number of hydrogen-bond acceptors (Lipinski definition) is 4. The molecule has 0 aliphatic carbocycles. The molecule has 0 spiro atoms. The molecule has 112 valence electrons. The Labute approximate surface area is 132 Å². The van der Waals surface area contributed by atoms with E-state index in [1.807, 2.05) is 6.92 Å². The van der Waals surface area contributed by atoms with Gasteiger partial charge in [0.15, 0.2) is 0 Å². The van der Waals surface area contributed by atoms with Crippen LogP contribution in [0.2, 0.25) is 10.0 Å². The van der Waals surface area contributed by atoms with Gasteiger partial charge in [0, 0.05) is 5.02 Å². The first-order valence-electron chi connectivity index (χ1n) is 5.84. The molecule has 0 aliphatic heterocycles. The first kappa shape index (κ1) is 15.9. The summed E-state index contributed by atoms with van der Waals surface area (Å²) >= 11 is 12.2. The minimum Gasteiger partial charge on any atom is -0.396 e. The number of halogens is 2. The highest BCUT2D eigenvalue weighted by atomic mass is 35.5. The number of hydrogen-bond donors (Lipinski definition) is 3. The Morgan fingerprint density at radius 3 is 2.38 bits per heavy atom. The number of nitrogen functional groups attached to an aromatic ring is 1. The molecule has 0 bridgehead atoms. The molecule has 0 fully saturated rings. The van der Waals surface area contributed by atoms with E-state index in [9.17, 15) is 8.42 Å². The summed E-state index contributed by atoms with van der Waals surface area (Å²) < 4.78 is 22.9. The Balaban J connectivity index is 2.49. The number of benzene rings is 2. The smallest absolute Gasteiger partial charge is 0.240 e. The number of aryl methyl sites for hydroxylation is 1. The van der Waals surface area contributed by atoms with Crippen LogP contribution in [0.25, 0.3) is 0 Å². The molecule has 2 aromatic rings. The number of para-hydroxylation sites is 1. The minimum atomic E-state index is -3.90. The summed E-state index contributed by atoms with van der Waals surface area (Å²) in [4.78, 5) is -0.151. The summed E-state index contributed by atoms with van der Waals surface area (Å²) in [6.45, 7) is 1.83. The van der Waals surface area contributed by atoms with Gasteiger partial charge in [0.05, 0.1) is 22.1 Å². The van der Waals surface area contributed by atoms with Crippen LogP contribution < -0.4 is 16.2 Å². The highest BCUT2D eigenvalue weighted by molar-refractivity contribution is 7.89. The lowest BCUT2D eigenvalue weighted by atomic mass is 10.2. The second-order valence-electron chi connectivity index (χ2n) is 4.47. The number of nitrogens with one attached hydrogen (secondary N) is 1. The summed E-state index contributed by atoms with van der Waals surface area (Å²) in [6, 6.07) is 7.82. The maximum atomic E-state index is 11.4. The third-order valence-corrected chi connectivity index (χ3v) is 4.58. The first-order valence-corrected chi connectivity index (χ1v) is 8.14. The zero-order chi connectivity index (χ0) is 15.8. The number of rotatable bonds is 3. The molecule has 0 aliphatic rings. The Morgan fingerprint density at radius 1 is 1.10 bits per heavy atom. The van der Waals surface area contributed by atoms with Gasteiger partial charge in [0.25, 0.3) is 0 Å². The molecule has 2 rings (SSSR count). The molecule has 0 unspecified atom stereocenters. The van der Waals surface area contributed by atoms with Crippen LogP contribution in [0.15, 0.2) is 35.2 Å². The number of primary sulfonamides is 1. The molecule has 5 nitrogen and oxygen atoms in total. The van der Waals surface area contributed by atoms with Gasteiger partial charge in [-0.25, -0.2) is 13.6 Å². The fourth-order valence-corrected chi connectivity index (χ4v) is 2.90. The van der Waals surface area contributed by atoms with E-state index in [1.165, 1.54) is 12.1 Å². The van der Waals surface area contributed by atoms with Gasteiger partial charge in [-0.3, -0.25) is 0 Å². The van der Waals surface area contributed by atoms with E-state index in [2.05, 4.69) is 5.32 Å². The van der Waals surface area contributed by atoms with Crippen LogP contribution in [-0.2, 0) is 10.0 Å². The van der Waals surface area contributed by atoms with Crippen LogP contribution in [0.5, 0.6) is 0 Å². The van der Waals surface area contributed by atoms with Crippen molar-refractivity contribution in [3.8, 4) is 0 Å². The quantitative estimate of drug-likeness (QED) is 0.743. The average Bonchev–Trinajstić information content (AvgIpc) is 2.36. The van der Waals surface area contributed by atoms with E-state index in [-0.39, 0.29) is 10.6 Å². The monoisotopic (exact) mass is 345 g/mol. The molecule has 0 amide bonds. The molecule has 0 aromatic heterocycles. The highest BCUT2D eigenvalue weighted by Crippen LogP contribution is 2.34. The predicted octanol–water partition coefficient (Wildman–Crippen LogP) is 3.28. The van der Waals surface area contributed by atoms with E-state index in [4.69, 9.17) is 34.1 Å². The zero-order valence-corrected chi connectivity index (χ0v) is 13.4. The van der Waals surface area contributed by atoms with Crippen molar-refractivity contribution < 1.29 is 8.42 Å². The van der Waals surface area contributed by atoms with Crippen LogP contribution in [0.3, 0.4) is 0 Å². The SMILES string of the molecule is Cc1cc(Cl)c(Nc2cccc(S(N)(=O)=O)c2N)cc1Cl. The van der Waals surface area contributed by atoms with Crippen LogP contribution in [-0.4, -0.2) is 8.42 Å². The van der Waals surface area contributed by atoms with E-state index in [1.54, 1.807) is 18.2 Å². The van der Waals surface area contributed by atoms with Crippen molar-refractivity contribution in [2.75, 3.05) is 11.1 Å². The predicted molar refractivity (Wildman–Crippen MR) is 86.7 cm³/mol. The van der Waals surface area contributed by atoms with Crippen molar-refractivity contribution in [2.24, 2.45) is 5.14 Å². The van der Waals surface area contributed by atoms with E-state index in [0.717, 1.165) is 5.56 Å². The molecule has 0 radical (unpaired) electrons. The summed E-state index contributed by atoms with van der Waals surface area (Å²) in [7, 11) is -3.90. The Morgan fingerprint density at radius 2 is 1.76 bits per heavy atom. The third-order valence-electron chi connectivity index (χ3n) is 2.89. The molecule has 0 atom stereocenters. The van der Waals surface area contributed by atoms with Crippen LogP contribution in [0.1, 0.15) is 5.56 Å². The van der Waals surface area contributed by atoms with Gasteiger partial charge in [-0.15, -0.1) is 0 Å². The Hall–Kier alpha value is -1.47. The molecule has 5 N–H and O–H groups in total. The molecule has 21 heavy (non-hydrogen) atoms. The fraction of sp³-hybridized carbons (Fsp3) is 0.0769. The lowest BCUT2D eigenvalue weighted by Gasteiger charge is -2.14. The maximum absolute atomic E-state index is 11.4. The van der Waals surface area contributed by atoms with Crippen LogP contribution in [0.4, 0.5) is 17.1 Å². The average molecular weight is 346 g/mol. The van der Waals surface area contributed by atoms with E-state index in [0.29, 0.717) is 21.4 Å². The van der Waals surface area contributed by atoms with Crippen molar-refractivity contribution in [2.45, 2.75) is 11.8 Å². The van der Waals surface area contributed by atoms with Gasteiger partial charge < -0.3 is 11.1 Å². The standard InChI is InChI=1S/C13H13Cl2N3O2S/c1-7-5-9(15)11(6-8(7)14)18-10-3-2-4-12(13(10)16)21(17,19)20/h2-6,18H,16H2,1H3,(H2,17,19,20). The second kappa shape index (κ2) is 5.73. The van der Waals surface area contributed by atoms with Gasteiger partial charge in [-0.2, -0.15) is 0 Å².